The van der Waals surface area contributed by atoms with Crippen molar-refractivity contribution >= 4 is 18.0 Å². The van der Waals surface area contributed by atoms with E-state index in [1.165, 1.54) is 0 Å². The monoisotopic (exact) mass is 529 g/mol. The number of alkyl carbamates (subject to hydrolysis) is 1. The van der Waals surface area contributed by atoms with Crippen molar-refractivity contribution in [2.45, 2.75) is 51.9 Å². The second-order valence-electron chi connectivity index (χ2n) is 10.0. The zero-order valence-electron chi connectivity index (χ0n) is 21.3. The van der Waals surface area contributed by atoms with Crippen LogP contribution in [-0.4, -0.2) is 78.9 Å². The maximum Gasteiger partial charge on any atom is 0.473 e. The average molecular weight is 530 g/mol. The number of carbonyl (C=O) groups excluding carboxylic acids is 2. The Bertz CT molecular complexity index is 996. The molecule has 1 fully saturated rings. The summed E-state index contributed by atoms with van der Waals surface area (Å²) in [7, 11) is 0. The Morgan fingerprint density at radius 2 is 1.89 bits per heavy atom. The molecule has 13 heteroatoms. The van der Waals surface area contributed by atoms with Crippen molar-refractivity contribution in [3.63, 3.8) is 0 Å². The molecule has 206 valence electrons. The number of nitrogens with one attached hydrogen (secondary N) is 1. The van der Waals surface area contributed by atoms with Gasteiger partial charge in [-0.1, -0.05) is 6.07 Å². The smallest absolute Gasteiger partial charge is 0.473 e. The molecule has 1 aromatic rings. The van der Waals surface area contributed by atoms with Crippen LogP contribution in [0.4, 0.5) is 18.0 Å². The van der Waals surface area contributed by atoms with E-state index in [0.29, 0.717) is 51.3 Å². The number of halogens is 3. The molecule has 0 bridgehead atoms. The van der Waals surface area contributed by atoms with Crippen LogP contribution in [0.3, 0.4) is 0 Å². The number of nitrogens with zero attached hydrogens (tertiary/aromatic N) is 3. The molecule has 1 aromatic carbocycles. The summed E-state index contributed by atoms with van der Waals surface area (Å²) in [5.41, 5.74) is 1.27. The number of carbonyl (C=O) groups is 2. The highest BCUT2D eigenvalue weighted by Crippen LogP contribution is 2.27. The van der Waals surface area contributed by atoms with Crippen LogP contribution in [0.15, 0.2) is 23.2 Å². The van der Waals surface area contributed by atoms with Crippen LogP contribution in [-0.2, 0) is 27.3 Å². The Labute approximate surface area is 213 Å². The Balaban J connectivity index is 1.70. The Hall–Kier alpha value is -3.06. The van der Waals surface area contributed by atoms with Crippen molar-refractivity contribution in [2.75, 3.05) is 39.4 Å². The van der Waals surface area contributed by atoms with Crippen molar-refractivity contribution < 1.29 is 37.1 Å². The van der Waals surface area contributed by atoms with E-state index < -0.39 is 23.8 Å². The van der Waals surface area contributed by atoms with Gasteiger partial charge in [0.2, 0.25) is 5.96 Å². The molecule has 0 radical (unpaired) electrons. The van der Waals surface area contributed by atoms with E-state index in [1.807, 2.05) is 12.1 Å². The number of hydrogen-bond acceptors (Lipinski definition) is 6. The lowest BCUT2D eigenvalue weighted by atomic mass is 9.99. The minimum Gasteiger partial charge on any atom is -0.491 e. The standard InChI is InChI=1S/C24H34F3N5O5/c1-23(2,3)37-22(34)29-13-16-6-8-31(14-16)21(30-20(33)24(25,26)27)32-9-7-17-12-19(35-10-11-36-28)5-4-18(17)15-32/h4-5,12,16H,6-11,13-15,28H2,1-3H3,(H,29,34)/b30-21+. The molecule has 1 atom stereocenters. The lowest BCUT2D eigenvalue weighted by molar-refractivity contribution is -0.169. The van der Waals surface area contributed by atoms with Crippen LogP contribution >= 0.6 is 0 Å². The number of fused-ring (bicyclic) bond motifs is 1. The van der Waals surface area contributed by atoms with Gasteiger partial charge in [0.05, 0.1) is 0 Å². The Kier molecular flexibility index (Phi) is 9.24. The Morgan fingerprint density at radius 3 is 2.57 bits per heavy atom. The predicted octanol–water partition coefficient (Wildman–Crippen LogP) is 2.61. The van der Waals surface area contributed by atoms with E-state index in [9.17, 15) is 22.8 Å². The number of benzene rings is 1. The maximum atomic E-state index is 13.1. The number of guanidine groups is 1. The van der Waals surface area contributed by atoms with E-state index >= 15 is 0 Å². The van der Waals surface area contributed by atoms with Crippen molar-refractivity contribution in [3.05, 3.63) is 29.3 Å². The molecule has 2 amide bonds. The largest absolute Gasteiger partial charge is 0.491 e. The fraction of sp³-hybridized carbons (Fsp3) is 0.625. The molecular formula is C24H34F3N5O5. The fourth-order valence-corrected chi connectivity index (χ4v) is 4.22. The molecule has 3 N–H and O–H groups in total. The van der Waals surface area contributed by atoms with Gasteiger partial charge in [0.25, 0.3) is 0 Å². The first kappa shape index (κ1) is 28.5. The molecule has 10 nitrogen and oxygen atoms in total. The van der Waals surface area contributed by atoms with Crippen molar-refractivity contribution in [3.8, 4) is 5.75 Å². The quantitative estimate of drug-likeness (QED) is 0.250. The first-order chi connectivity index (χ1) is 17.4. The first-order valence-corrected chi connectivity index (χ1v) is 12.1. The topological polar surface area (TPSA) is 119 Å². The molecule has 0 aromatic heterocycles. The van der Waals surface area contributed by atoms with Gasteiger partial charge in [-0.3, -0.25) is 4.79 Å². The minimum atomic E-state index is -5.07. The minimum absolute atomic E-state index is 0.00633. The number of rotatable bonds is 6. The van der Waals surface area contributed by atoms with Crippen LogP contribution < -0.4 is 16.0 Å². The van der Waals surface area contributed by atoms with Crippen molar-refractivity contribution in [1.29, 1.82) is 0 Å². The average Bonchev–Trinajstić information content (AvgIpc) is 3.28. The van der Waals surface area contributed by atoms with Gasteiger partial charge >= 0.3 is 18.2 Å². The van der Waals surface area contributed by atoms with Crippen LogP contribution in [0, 0.1) is 5.92 Å². The molecule has 0 spiro atoms. The first-order valence-electron chi connectivity index (χ1n) is 12.1. The number of hydrogen-bond donors (Lipinski definition) is 2. The van der Waals surface area contributed by atoms with E-state index in [1.54, 1.807) is 36.6 Å². The molecule has 1 saturated heterocycles. The van der Waals surface area contributed by atoms with E-state index in [2.05, 4.69) is 15.1 Å². The molecular weight excluding hydrogens is 495 g/mol. The van der Waals surface area contributed by atoms with Crippen LogP contribution in [0.1, 0.15) is 38.3 Å². The summed E-state index contributed by atoms with van der Waals surface area (Å²) in [5, 5.41) is 2.71. The third-order valence-corrected chi connectivity index (χ3v) is 5.89. The van der Waals surface area contributed by atoms with Gasteiger partial charge < -0.3 is 29.4 Å². The van der Waals surface area contributed by atoms with Gasteiger partial charge in [-0.25, -0.2) is 10.7 Å². The molecule has 0 saturated carbocycles. The van der Waals surface area contributed by atoms with Gasteiger partial charge in [0, 0.05) is 32.7 Å². The Morgan fingerprint density at radius 1 is 1.14 bits per heavy atom. The summed E-state index contributed by atoms with van der Waals surface area (Å²) < 4.78 is 50.1. The predicted molar refractivity (Wildman–Crippen MR) is 129 cm³/mol. The highest BCUT2D eigenvalue weighted by molar-refractivity contribution is 5.96. The van der Waals surface area contributed by atoms with E-state index in [4.69, 9.17) is 15.4 Å². The maximum absolute atomic E-state index is 13.1. The number of amides is 2. The van der Waals surface area contributed by atoms with Gasteiger partial charge in [-0.15, -0.1) is 0 Å². The zero-order valence-corrected chi connectivity index (χ0v) is 21.3. The number of likely N-dealkylation sites (tertiary alicyclic amines) is 1. The van der Waals surface area contributed by atoms with Gasteiger partial charge in [0.15, 0.2) is 0 Å². The third kappa shape index (κ3) is 8.49. The highest BCUT2D eigenvalue weighted by atomic mass is 19.4. The third-order valence-electron chi connectivity index (χ3n) is 5.89. The fourth-order valence-electron chi connectivity index (χ4n) is 4.22. The molecule has 0 aliphatic carbocycles. The molecule has 2 aliphatic rings. The molecule has 2 heterocycles. The summed E-state index contributed by atoms with van der Waals surface area (Å²) in [6.45, 7) is 7.52. The van der Waals surface area contributed by atoms with Gasteiger partial charge in [-0.2, -0.15) is 18.2 Å². The normalized spacial score (nSPS) is 18.5. The number of nitrogens with two attached hydrogens (primary N) is 1. The number of aliphatic imine (C=N–C) groups is 1. The van der Waals surface area contributed by atoms with Crippen LogP contribution in [0.2, 0.25) is 0 Å². The van der Waals surface area contributed by atoms with E-state index in [-0.39, 0.29) is 25.1 Å². The lowest BCUT2D eigenvalue weighted by Crippen LogP contribution is -2.47. The van der Waals surface area contributed by atoms with Gasteiger partial charge in [-0.05, 0) is 62.8 Å². The molecule has 2 aliphatic heterocycles. The summed E-state index contributed by atoms with van der Waals surface area (Å²) in [5.74, 6) is 3.46. The summed E-state index contributed by atoms with van der Waals surface area (Å²) in [6, 6.07) is 5.50. The molecule has 3 rings (SSSR count). The number of ether oxygens (including phenoxy) is 2. The van der Waals surface area contributed by atoms with Gasteiger partial charge in [0.1, 0.15) is 24.6 Å². The summed E-state index contributed by atoms with van der Waals surface area (Å²) in [4.78, 5) is 35.2. The molecule has 37 heavy (non-hydrogen) atoms. The van der Waals surface area contributed by atoms with Crippen molar-refractivity contribution in [2.24, 2.45) is 16.8 Å². The van der Waals surface area contributed by atoms with Crippen molar-refractivity contribution in [1.82, 2.24) is 15.1 Å². The second-order valence-corrected chi connectivity index (χ2v) is 10.0. The van der Waals surface area contributed by atoms with E-state index in [0.717, 1.165) is 11.1 Å². The summed E-state index contributed by atoms with van der Waals surface area (Å²) in [6.07, 6.45) is -4.47. The summed E-state index contributed by atoms with van der Waals surface area (Å²) >= 11 is 0. The van der Waals surface area contributed by atoms with Crippen LogP contribution in [0.5, 0.6) is 5.75 Å². The SMILES string of the molecule is CC(C)(C)OC(=O)NCC1CCN(/C(=N\C(=O)C(F)(F)F)N2CCc3cc(OCCON)ccc3C2)C1. The molecule has 1 unspecified atom stereocenters. The highest BCUT2D eigenvalue weighted by Gasteiger charge is 2.41. The lowest BCUT2D eigenvalue weighted by Gasteiger charge is -2.35. The number of alkyl halides is 3. The van der Waals surface area contributed by atoms with Crippen LogP contribution in [0.25, 0.3) is 0 Å². The zero-order chi connectivity index (χ0) is 27.2. The second kappa shape index (κ2) is 12.0.